The van der Waals surface area contributed by atoms with E-state index in [0.717, 1.165) is 4.43 Å². The van der Waals surface area contributed by atoms with Gasteiger partial charge in [-0.15, -0.1) is 0 Å². The van der Waals surface area contributed by atoms with Gasteiger partial charge in [-0.25, -0.2) is 0 Å². The van der Waals surface area contributed by atoms with E-state index in [-0.39, 0.29) is 0 Å². The molecular formula is C12H11I. The van der Waals surface area contributed by atoms with Gasteiger partial charge in [0.2, 0.25) is 0 Å². The largest absolute Gasteiger partial charge is 0.0812 e. The zero-order valence-electron chi connectivity index (χ0n) is 7.55. The van der Waals surface area contributed by atoms with Gasteiger partial charge in [-0.1, -0.05) is 59.0 Å². The summed E-state index contributed by atoms with van der Waals surface area (Å²) in [5.41, 5.74) is 2.84. The van der Waals surface area contributed by atoms with Crippen LogP contribution in [0.15, 0.2) is 36.4 Å². The quantitative estimate of drug-likeness (QED) is 0.546. The molecule has 13 heavy (non-hydrogen) atoms. The van der Waals surface area contributed by atoms with Crippen molar-refractivity contribution in [3.63, 3.8) is 0 Å². The summed E-state index contributed by atoms with van der Waals surface area (Å²) in [5.74, 6) is 0. The molecule has 0 heterocycles. The lowest BCUT2D eigenvalue weighted by molar-refractivity contribution is 1.35. The highest BCUT2D eigenvalue weighted by Crippen LogP contribution is 2.21. The zero-order valence-corrected chi connectivity index (χ0v) is 9.71. The lowest BCUT2D eigenvalue weighted by Crippen LogP contribution is -1.84. The van der Waals surface area contributed by atoms with E-state index in [2.05, 4.69) is 65.9 Å². The Morgan fingerprint density at radius 3 is 2.31 bits per heavy atom. The Labute approximate surface area is 92.1 Å². The van der Waals surface area contributed by atoms with Gasteiger partial charge in [-0.2, -0.15) is 0 Å². The third-order valence-electron chi connectivity index (χ3n) is 2.35. The van der Waals surface area contributed by atoms with E-state index < -0.39 is 0 Å². The minimum absolute atomic E-state index is 1.09. The second-order valence-corrected chi connectivity index (χ2v) is 4.02. The Morgan fingerprint density at radius 2 is 1.69 bits per heavy atom. The Hall–Kier alpha value is -0.570. The fourth-order valence-corrected chi connectivity index (χ4v) is 2.37. The van der Waals surface area contributed by atoms with Crippen molar-refractivity contribution < 1.29 is 0 Å². The first-order valence-electron chi connectivity index (χ1n) is 4.35. The third kappa shape index (κ3) is 1.70. The molecule has 0 radical (unpaired) electrons. The highest BCUT2D eigenvalue weighted by molar-refractivity contribution is 14.1. The minimum atomic E-state index is 1.09. The van der Waals surface area contributed by atoms with E-state index >= 15 is 0 Å². The van der Waals surface area contributed by atoms with Crippen LogP contribution < -0.4 is 0 Å². The fourth-order valence-electron chi connectivity index (χ4n) is 1.55. The van der Waals surface area contributed by atoms with Crippen LogP contribution >= 0.6 is 22.6 Å². The smallest absolute Gasteiger partial charge is 0.0249 e. The maximum atomic E-state index is 2.41. The first-order valence-corrected chi connectivity index (χ1v) is 5.88. The highest BCUT2D eigenvalue weighted by atomic mass is 127. The van der Waals surface area contributed by atoms with Gasteiger partial charge in [0.25, 0.3) is 0 Å². The molecule has 1 heteroatoms. The average molecular weight is 282 g/mol. The Kier molecular flexibility index (Phi) is 2.54. The molecule has 66 valence electrons. The molecule has 0 nitrogen and oxygen atoms in total. The lowest BCUT2D eigenvalue weighted by atomic mass is 10.0. The van der Waals surface area contributed by atoms with Crippen molar-refractivity contribution in [3.8, 4) is 0 Å². The number of aryl methyl sites for hydroxylation is 1. The predicted octanol–water partition coefficient (Wildman–Crippen LogP) is 4.08. The van der Waals surface area contributed by atoms with Crippen molar-refractivity contribution in [2.24, 2.45) is 0 Å². The van der Waals surface area contributed by atoms with Crippen molar-refractivity contribution in [2.45, 2.75) is 11.4 Å². The van der Waals surface area contributed by atoms with E-state index in [9.17, 15) is 0 Å². The highest BCUT2D eigenvalue weighted by Gasteiger charge is 1.98. The van der Waals surface area contributed by atoms with Crippen molar-refractivity contribution in [3.05, 3.63) is 47.5 Å². The van der Waals surface area contributed by atoms with E-state index in [1.165, 1.54) is 21.9 Å². The van der Waals surface area contributed by atoms with Gasteiger partial charge in [0.1, 0.15) is 0 Å². The van der Waals surface area contributed by atoms with Gasteiger partial charge >= 0.3 is 0 Å². The number of fused-ring (bicyclic) bond motifs is 1. The fraction of sp³-hybridized carbons (Fsp3) is 0.167. The van der Waals surface area contributed by atoms with Crippen LogP contribution in [0.3, 0.4) is 0 Å². The maximum Gasteiger partial charge on any atom is 0.0249 e. The van der Waals surface area contributed by atoms with Gasteiger partial charge in [0.15, 0.2) is 0 Å². The molecule has 0 N–H and O–H groups in total. The molecule has 2 aromatic rings. The minimum Gasteiger partial charge on any atom is -0.0812 e. The van der Waals surface area contributed by atoms with Crippen LogP contribution in [0.5, 0.6) is 0 Å². The third-order valence-corrected chi connectivity index (χ3v) is 3.17. The Balaban J connectivity index is 2.74. The molecule has 0 aromatic heterocycles. The summed E-state index contributed by atoms with van der Waals surface area (Å²) in [4.78, 5) is 0. The molecule has 0 spiro atoms. The van der Waals surface area contributed by atoms with Crippen LogP contribution in [0.1, 0.15) is 11.1 Å². The van der Waals surface area contributed by atoms with Gasteiger partial charge in [-0.05, 0) is 28.8 Å². The van der Waals surface area contributed by atoms with Crippen LogP contribution in [-0.4, -0.2) is 0 Å². The monoisotopic (exact) mass is 282 g/mol. The first-order chi connectivity index (χ1) is 6.31. The van der Waals surface area contributed by atoms with Gasteiger partial charge in [-0.3, -0.25) is 0 Å². The predicted molar refractivity (Wildman–Crippen MR) is 66.4 cm³/mol. The SMILES string of the molecule is Cc1cc2ccccc2cc1CI. The molecule has 0 saturated heterocycles. The summed E-state index contributed by atoms with van der Waals surface area (Å²) >= 11 is 2.41. The summed E-state index contributed by atoms with van der Waals surface area (Å²) in [6.07, 6.45) is 0. The second kappa shape index (κ2) is 3.66. The first kappa shape index (κ1) is 9.00. The molecule has 0 atom stereocenters. The van der Waals surface area contributed by atoms with Crippen molar-refractivity contribution in [2.75, 3.05) is 0 Å². The standard InChI is InChI=1S/C12H11I/c1-9-6-10-4-2-3-5-11(10)7-12(9)8-13/h2-7H,8H2,1H3. The normalized spacial score (nSPS) is 10.6. The molecule has 2 aromatic carbocycles. The van der Waals surface area contributed by atoms with Crippen LogP contribution in [0.4, 0.5) is 0 Å². The van der Waals surface area contributed by atoms with Crippen molar-refractivity contribution >= 4 is 33.4 Å². The number of alkyl halides is 1. The lowest BCUT2D eigenvalue weighted by Gasteiger charge is -2.04. The summed E-state index contributed by atoms with van der Waals surface area (Å²) < 4.78 is 1.09. The van der Waals surface area contributed by atoms with Gasteiger partial charge in [0, 0.05) is 4.43 Å². The number of hydrogen-bond acceptors (Lipinski definition) is 0. The molecule has 0 saturated carbocycles. The van der Waals surface area contributed by atoms with E-state index in [4.69, 9.17) is 0 Å². The summed E-state index contributed by atoms with van der Waals surface area (Å²) in [7, 11) is 0. The average Bonchev–Trinajstić information content (AvgIpc) is 2.17. The number of halogens is 1. The zero-order chi connectivity index (χ0) is 9.26. The van der Waals surface area contributed by atoms with E-state index in [0.29, 0.717) is 0 Å². The molecule has 0 fully saturated rings. The van der Waals surface area contributed by atoms with E-state index in [1.54, 1.807) is 0 Å². The molecule has 0 aliphatic heterocycles. The van der Waals surface area contributed by atoms with Crippen LogP contribution in [-0.2, 0) is 4.43 Å². The summed E-state index contributed by atoms with van der Waals surface area (Å²) in [6, 6.07) is 13.1. The van der Waals surface area contributed by atoms with Crippen LogP contribution in [0.2, 0.25) is 0 Å². The van der Waals surface area contributed by atoms with Gasteiger partial charge < -0.3 is 0 Å². The number of hydrogen-bond donors (Lipinski definition) is 0. The Morgan fingerprint density at radius 1 is 1.08 bits per heavy atom. The molecule has 0 aliphatic carbocycles. The number of benzene rings is 2. The second-order valence-electron chi connectivity index (χ2n) is 3.26. The van der Waals surface area contributed by atoms with Crippen molar-refractivity contribution in [1.29, 1.82) is 0 Å². The van der Waals surface area contributed by atoms with Gasteiger partial charge in [0.05, 0.1) is 0 Å². The van der Waals surface area contributed by atoms with Crippen LogP contribution in [0, 0.1) is 6.92 Å². The van der Waals surface area contributed by atoms with E-state index in [1.807, 2.05) is 0 Å². The molecule has 2 rings (SSSR count). The molecule has 0 amide bonds. The summed E-state index contributed by atoms with van der Waals surface area (Å²) in [5, 5.41) is 2.69. The van der Waals surface area contributed by atoms with Crippen molar-refractivity contribution in [1.82, 2.24) is 0 Å². The molecule has 0 bridgehead atoms. The molecule has 0 unspecified atom stereocenters. The molecular weight excluding hydrogens is 271 g/mol. The van der Waals surface area contributed by atoms with Crippen LogP contribution in [0.25, 0.3) is 10.8 Å². The number of rotatable bonds is 1. The topological polar surface area (TPSA) is 0 Å². The maximum absolute atomic E-state index is 2.41. The molecule has 0 aliphatic rings. The summed E-state index contributed by atoms with van der Waals surface area (Å²) in [6.45, 7) is 2.18. The Bertz CT molecular complexity index is 432.